The molecule has 1 aromatic carbocycles. The van der Waals surface area contributed by atoms with Crippen molar-refractivity contribution in [2.45, 2.75) is 6.92 Å². The van der Waals surface area contributed by atoms with Crippen LogP contribution in [0, 0.1) is 0 Å². The van der Waals surface area contributed by atoms with Crippen molar-refractivity contribution in [1.82, 2.24) is 9.47 Å². The number of aryl methyl sites for hydroxylation is 1. The van der Waals surface area contributed by atoms with Crippen molar-refractivity contribution < 1.29 is 4.79 Å². The lowest BCUT2D eigenvalue weighted by Crippen LogP contribution is -2.46. The van der Waals surface area contributed by atoms with E-state index in [2.05, 4.69) is 22.0 Å². The Morgan fingerprint density at radius 1 is 1.15 bits per heavy atom. The molecule has 0 aliphatic carbocycles. The number of hydrogen-bond donors (Lipinski definition) is 1. The van der Waals surface area contributed by atoms with Gasteiger partial charge in [0, 0.05) is 56.1 Å². The van der Waals surface area contributed by atoms with Gasteiger partial charge >= 0.3 is 0 Å². The second kappa shape index (κ2) is 7.93. The highest BCUT2D eigenvalue weighted by Crippen LogP contribution is 2.30. The number of carbonyl (C=O) groups excluding carboxylic acids is 1. The van der Waals surface area contributed by atoms with E-state index in [1.807, 2.05) is 12.1 Å². The first-order chi connectivity index (χ1) is 12.5. The third kappa shape index (κ3) is 4.08. The van der Waals surface area contributed by atoms with Crippen LogP contribution < -0.4 is 15.8 Å². The van der Waals surface area contributed by atoms with E-state index in [0.717, 1.165) is 38.4 Å². The smallest absolute Gasteiger partial charge is 0.255 e. The monoisotopic (exact) mass is 374 g/mol. The van der Waals surface area contributed by atoms with Gasteiger partial charge in [0.25, 0.3) is 11.5 Å². The van der Waals surface area contributed by atoms with Crippen molar-refractivity contribution in [2.75, 3.05) is 42.9 Å². The summed E-state index contributed by atoms with van der Waals surface area (Å²) >= 11 is 6.15. The lowest BCUT2D eigenvalue weighted by Gasteiger charge is -2.36. The summed E-state index contributed by atoms with van der Waals surface area (Å²) in [5, 5.41) is 3.47. The quantitative estimate of drug-likeness (QED) is 0.893. The van der Waals surface area contributed by atoms with Crippen LogP contribution in [0.25, 0.3) is 0 Å². The van der Waals surface area contributed by atoms with Crippen molar-refractivity contribution in [2.24, 2.45) is 7.05 Å². The molecule has 1 fully saturated rings. The predicted molar refractivity (Wildman–Crippen MR) is 105 cm³/mol. The van der Waals surface area contributed by atoms with E-state index in [0.29, 0.717) is 16.3 Å². The fourth-order valence-electron chi connectivity index (χ4n) is 3.07. The summed E-state index contributed by atoms with van der Waals surface area (Å²) in [5.41, 5.74) is 1.71. The van der Waals surface area contributed by atoms with E-state index in [9.17, 15) is 9.59 Å². The minimum absolute atomic E-state index is 0.223. The zero-order chi connectivity index (χ0) is 18.7. The third-order valence-corrected chi connectivity index (χ3v) is 4.97. The summed E-state index contributed by atoms with van der Waals surface area (Å²) in [6, 6.07) is 8.48. The van der Waals surface area contributed by atoms with Gasteiger partial charge in [-0.05, 0) is 30.8 Å². The van der Waals surface area contributed by atoms with E-state index >= 15 is 0 Å². The highest BCUT2D eigenvalue weighted by molar-refractivity contribution is 6.31. The summed E-state index contributed by atoms with van der Waals surface area (Å²) in [6.45, 7) is 6.96. The number of hydrogen-bond acceptors (Lipinski definition) is 4. The van der Waals surface area contributed by atoms with E-state index in [1.54, 1.807) is 25.4 Å². The summed E-state index contributed by atoms with van der Waals surface area (Å²) < 4.78 is 1.43. The molecule has 2 heterocycles. The average Bonchev–Trinajstić information content (AvgIpc) is 2.64. The summed E-state index contributed by atoms with van der Waals surface area (Å²) in [7, 11) is 1.65. The maximum absolute atomic E-state index is 12.6. The molecule has 6 nitrogen and oxygen atoms in total. The lowest BCUT2D eigenvalue weighted by molar-refractivity contribution is 0.102. The number of carbonyl (C=O) groups is 1. The molecule has 0 bridgehead atoms. The molecule has 0 saturated carbocycles. The van der Waals surface area contributed by atoms with Gasteiger partial charge < -0.3 is 19.7 Å². The molecular weight excluding hydrogens is 352 g/mol. The van der Waals surface area contributed by atoms with E-state index < -0.39 is 0 Å². The van der Waals surface area contributed by atoms with Gasteiger partial charge in [0.2, 0.25) is 0 Å². The molecule has 2 aromatic rings. The number of amides is 1. The van der Waals surface area contributed by atoms with Crippen molar-refractivity contribution in [3.8, 4) is 0 Å². The van der Waals surface area contributed by atoms with Gasteiger partial charge in [-0.1, -0.05) is 18.5 Å². The maximum Gasteiger partial charge on any atom is 0.255 e. The Morgan fingerprint density at radius 3 is 2.54 bits per heavy atom. The minimum atomic E-state index is -0.321. The van der Waals surface area contributed by atoms with Crippen LogP contribution >= 0.6 is 11.6 Å². The minimum Gasteiger partial charge on any atom is -0.367 e. The normalized spacial score (nSPS) is 15.1. The van der Waals surface area contributed by atoms with E-state index in [1.165, 1.54) is 10.6 Å². The fourth-order valence-corrected chi connectivity index (χ4v) is 3.25. The molecular formula is C19H23ClN4O2. The van der Waals surface area contributed by atoms with Gasteiger partial charge in [-0.3, -0.25) is 9.59 Å². The SMILES string of the molecule is CCN1CCN(c2ccc(Cl)cc2NC(=O)c2ccn(C)c(=O)c2)CC1. The largest absolute Gasteiger partial charge is 0.367 e. The highest BCUT2D eigenvalue weighted by atomic mass is 35.5. The number of rotatable bonds is 4. The Bertz CT molecular complexity index is 857. The molecule has 3 rings (SSSR count). The van der Waals surface area contributed by atoms with Crippen molar-refractivity contribution in [1.29, 1.82) is 0 Å². The Kier molecular flexibility index (Phi) is 5.64. The van der Waals surface area contributed by atoms with Crippen LogP contribution in [0.1, 0.15) is 17.3 Å². The summed E-state index contributed by atoms with van der Waals surface area (Å²) in [6.07, 6.45) is 1.58. The van der Waals surface area contributed by atoms with Crippen LogP contribution in [0.3, 0.4) is 0 Å². The van der Waals surface area contributed by atoms with Crippen molar-refractivity contribution >= 4 is 28.9 Å². The van der Waals surface area contributed by atoms with Crippen LogP contribution in [0.5, 0.6) is 0 Å². The van der Waals surface area contributed by atoms with Crippen LogP contribution in [-0.2, 0) is 7.05 Å². The second-order valence-electron chi connectivity index (χ2n) is 6.40. The Hall–Kier alpha value is -2.31. The highest BCUT2D eigenvalue weighted by Gasteiger charge is 2.19. The van der Waals surface area contributed by atoms with Gasteiger partial charge in [0.1, 0.15) is 0 Å². The first-order valence-electron chi connectivity index (χ1n) is 8.73. The zero-order valence-electron chi connectivity index (χ0n) is 15.0. The molecule has 7 heteroatoms. The van der Waals surface area contributed by atoms with Gasteiger partial charge in [-0.25, -0.2) is 0 Å². The number of benzene rings is 1. The number of pyridine rings is 1. The first kappa shape index (κ1) is 18.5. The van der Waals surface area contributed by atoms with Gasteiger partial charge in [0.15, 0.2) is 0 Å². The Labute approximate surface area is 158 Å². The third-order valence-electron chi connectivity index (χ3n) is 4.73. The van der Waals surface area contributed by atoms with Crippen molar-refractivity contribution in [3.63, 3.8) is 0 Å². The summed E-state index contributed by atoms with van der Waals surface area (Å²) in [4.78, 5) is 29.0. The molecule has 1 aromatic heterocycles. The fraction of sp³-hybridized carbons (Fsp3) is 0.368. The number of piperazine rings is 1. The van der Waals surface area contributed by atoms with Gasteiger partial charge in [-0.2, -0.15) is 0 Å². The molecule has 0 spiro atoms. The number of nitrogens with zero attached hydrogens (tertiary/aromatic N) is 3. The predicted octanol–water partition coefficient (Wildman–Crippen LogP) is 2.43. The topological polar surface area (TPSA) is 57.6 Å². The number of likely N-dealkylation sites (N-methyl/N-ethyl adjacent to an activating group) is 1. The number of aromatic nitrogens is 1. The van der Waals surface area contributed by atoms with Crippen molar-refractivity contribution in [3.05, 3.63) is 57.5 Å². The Morgan fingerprint density at radius 2 is 1.88 bits per heavy atom. The standard InChI is InChI=1S/C19H23ClN4O2/c1-3-23-8-10-24(11-9-23)17-5-4-15(20)13-16(17)21-19(26)14-6-7-22(2)18(25)12-14/h4-7,12-13H,3,8-11H2,1-2H3,(H,21,26). The molecule has 0 radical (unpaired) electrons. The number of nitrogens with one attached hydrogen (secondary N) is 1. The molecule has 26 heavy (non-hydrogen) atoms. The average molecular weight is 375 g/mol. The first-order valence-corrected chi connectivity index (χ1v) is 9.10. The van der Waals surface area contributed by atoms with Gasteiger partial charge in [0.05, 0.1) is 11.4 Å². The molecule has 1 aliphatic heterocycles. The molecule has 0 atom stereocenters. The summed E-state index contributed by atoms with van der Waals surface area (Å²) in [5.74, 6) is -0.321. The number of anilines is 2. The molecule has 138 valence electrons. The van der Waals surface area contributed by atoms with Crippen LogP contribution in [0.15, 0.2) is 41.3 Å². The molecule has 1 N–H and O–H groups in total. The zero-order valence-corrected chi connectivity index (χ0v) is 15.8. The van der Waals surface area contributed by atoms with Crippen LogP contribution in [0.2, 0.25) is 5.02 Å². The molecule has 1 aliphatic rings. The lowest BCUT2D eigenvalue weighted by atomic mass is 10.2. The van der Waals surface area contributed by atoms with Crippen LogP contribution in [-0.4, -0.2) is 48.1 Å². The molecule has 0 unspecified atom stereocenters. The van der Waals surface area contributed by atoms with E-state index in [-0.39, 0.29) is 11.5 Å². The maximum atomic E-state index is 12.6. The molecule has 1 saturated heterocycles. The second-order valence-corrected chi connectivity index (χ2v) is 6.84. The molecule has 1 amide bonds. The number of halogens is 1. The van der Waals surface area contributed by atoms with Gasteiger partial charge in [-0.15, -0.1) is 0 Å². The van der Waals surface area contributed by atoms with Crippen LogP contribution in [0.4, 0.5) is 11.4 Å². The Balaban J connectivity index is 1.83. The van der Waals surface area contributed by atoms with E-state index in [4.69, 9.17) is 11.6 Å².